The quantitative estimate of drug-likeness (QED) is 0.928. The molecule has 0 spiro atoms. The molecule has 4 heteroatoms. The maximum absolute atomic E-state index is 12.7. The standard InChI is InChI=1S/C15H19BrN2O/c16-13-3-1-12(2-4-13)15(6-7-15)14(19)18-8-5-11(9-17)10-18/h1-4,11H,5-10,17H2. The van der Waals surface area contributed by atoms with E-state index in [-0.39, 0.29) is 5.41 Å². The van der Waals surface area contributed by atoms with E-state index >= 15 is 0 Å². The predicted octanol–water partition coefficient (Wildman–Crippen LogP) is 2.29. The first-order valence-electron chi connectivity index (χ1n) is 6.91. The van der Waals surface area contributed by atoms with Gasteiger partial charge in [-0.2, -0.15) is 0 Å². The zero-order chi connectivity index (χ0) is 13.5. The minimum atomic E-state index is -0.232. The van der Waals surface area contributed by atoms with Crippen LogP contribution in [0, 0.1) is 5.92 Å². The zero-order valence-corrected chi connectivity index (χ0v) is 12.5. The zero-order valence-electron chi connectivity index (χ0n) is 10.9. The average Bonchev–Trinajstić information content (AvgIpc) is 3.09. The van der Waals surface area contributed by atoms with E-state index in [4.69, 9.17) is 5.73 Å². The first-order chi connectivity index (χ1) is 9.15. The number of carbonyl (C=O) groups excluding carboxylic acids is 1. The highest BCUT2D eigenvalue weighted by atomic mass is 79.9. The lowest BCUT2D eigenvalue weighted by Crippen LogP contribution is -2.38. The molecule has 102 valence electrons. The van der Waals surface area contributed by atoms with Crippen molar-refractivity contribution in [1.82, 2.24) is 4.90 Å². The highest BCUT2D eigenvalue weighted by molar-refractivity contribution is 9.10. The van der Waals surface area contributed by atoms with Crippen LogP contribution in [-0.2, 0) is 10.2 Å². The van der Waals surface area contributed by atoms with E-state index in [9.17, 15) is 4.79 Å². The summed E-state index contributed by atoms with van der Waals surface area (Å²) in [7, 11) is 0. The van der Waals surface area contributed by atoms with Gasteiger partial charge in [-0.15, -0.1) is 0 Å². The Balaban J connectivity index is 1.78. The van der Waals surface area contributed by atoms with Crippen LogP contribution in [0.3, 0.4) is 0 Å². The molecule has 1 amide bonds. The molecule has 1 aromatic rings. The summed E-state index contributed by atoms with van der Waals surface area (Å²) < 4.78 is 1.06. The molecular formula is C15H19BrN2O. The number of hydrogen-bond acceptors (Lipinski definition) is 2. The minimum Gasteiger partial charge on any atom is -0.342 e. The number of likely N-dealkylation sites (tertiary alicyclic amines) is 1. The Hall–Kier alpha value is -0.870. The number of amides is 1. The number of halogens is 1. The second-order valence-corrected chi connectivity index (χ2v) is 6.65. The topological polar surface area (TPSA) is 46.3 Å². The maximum Gasteiger partial charge on any atom is 0.233 e. The number of rotatable bonds is 3. The van der Waals surface area contributed by atoms with Crippen molar-refractivity contribution in [3.63, 3.8) is 0 Å². The van der Waals surface area contributed by atoms with Crippen molar-refractivity contribution in [2.24, 2.45) is 11.7 Å². The third-order valence-corrected chi connectivity index (χ3v) is 4.99. The Morgan fingerprint density at radius 1 is 1.37 bits per heavy atom. The molecule has 1 aliphatic heterocycles. The van der Waals surface area contributed by atoms with Crippen LogP contribution in [0.4, 0.5) is 0 Å². The van der Waals surface area contributed by atoms with E-state index in [1.54, 1.807) is 0 Å². The average molecular weight is 323 g/mol. The molecular weight excluding hydrogens is 304 g/mol. The van der Waals surface area contributed by atoms with E-state index in [0.717, 1.165) is 42.4 Å². The van der Waals surface area contributed by atoms with Gasteiger partial charge < -0.3 is 10.6 Å². The van der Waals surface area contributed by atoms with Gasteiger partial charge in [0.25, 0.3) is 0 Å². The van der Waals surface area contributed by atoms with Crippen molar-refractivity contribution in [2.75, 3.05) is 19.6 Å². The first kappa shape index (κ1) is 13.1. The minimum absolute atomic E-state index is 0.232. The largest absolute Gasteiger partial charge is 0.342 e. The van der Waals surface area contributed by atoms with Crippen LogP contribution < -0.4 is 5.73 Å². The predicted molar refractivity (Wildman–Crippen MR) is 78.8 cm³/mol. The van der Waals surface area contributed by atoms with Gasteiger partial charge in [0.05, 0.1) is 5.41 Å². The van der Waals surface area contributed by atoms with Crippen LogP contribution in [0.1, 0.15) is 24.8 Å². The van der Waals surface area contributed by atoms with Crippen molar-refractivity contribution in [3.05, 3.63) is 34.3 Å². The van der Waals surface area contributed by atoms with Crippen molar-refractivity contribution in [3.8, 4) is 0 Å². The smallest absolute Gasteiger partial charge is 0.233 e. The Bertz CT molecular complexity index is 481. The Labute approximate surface area is 122 Å². The lowest BCUT2D eigenvalue weighted by atomic mass is 9.94. The van der Waals surface area contributed by atoms with Gasteiger partial charge in [0, 0.05) is 17.6 Å². The molecule has 1 aliphatic carbocycles. The van der Waals surface area contributed by atoms with Crippen LogP contribution in [0.15, 0.2) is 28.7 Å². The molecule has 2 N–H and O–H groups in total. The molecule has 0 bridgehead atoms. The second kappa shape index (κ2) is 4.91. The van der Waals surface area contributed by atoms with E-state index in [1.165, 1.54) is 0 Å². The molecule has 1 aromatic carbocycles. The van der Waals surface area contributed by atoms with Crippen molar-refractivity contribution < 1.29 is 4.79 Å². The van der Waals surface area contributed by atoms with Crippen molar-refractivity contribution in [1.29, 1.82) is 0 Å². The number of carbonyl (C=O) groups is 1. The third kappa shape index (κ3) is 2.32. The first-order valence-corrected chi connectivity index (χ1v) is 7.70. The van der Waals surface area contributed by atoms with E-state index in [2.05, 4.69) is 28.1 Å². The monoisotopic (exact) mass is 322 g/mol. The molecule has 1 heterocycles. The van der Waals surface area contributed by atoms with Gasteiger partial charge >= 0.3 is 0 Å². The van der Waals surface area contributed by atoms with Crippen LogP contribution in [0.2, 0.25) is 0 Å². The van der Waals surface area contributed by atoms with E-state index < -0.39 is 0 Å². The van der Waals surface area contributed by atoms with Gasteiger partial charge in [-0.05, 0) is 49.4 Å². The summed E-state index contributed by atoms with van der Waals surface area (Å²) in [4.78, 5) is 14.8. The molecule has 2 fully saturated rings. The Morgan fingerprint density at radius 3 is 2.58 bits per heavy atom. The molecule has 0 aromatic heterocycles. The molecule has 0 radical (unpaired) electrons. The lowest BCUT2D eigenvalue weighted by Gasteiger charge is -2.23. The molecule has 2 aliphatic rings. The summed E-state index contributed by atoms with van der Waals surface area (Å²) in [5, 5.41) is 0. The number of nitrogens with zero attached hydrogens (tertiary/aromatic N) is 1. The number of hydrogen-bond donors (Lipinski definition) is 1. The van der Waals surface area contributed by atoms with Gasteiger partial charge in [0.15, 0.2) is 0 Å². The summed E-state index contributed by atoms with van der Waals surface area (Å²) in [6, 6.07) is 8.20. The maximum atomic E-state index is 12.7. The van der Waals surface area contributed by atoms with Crippen molar-refractivity contribution >= 4 is 21.8 Å². The van der Waals surface area contributed by atoms with Gasteiger partial charge in [0.2, 0.25) is 5.91 Å². The molecule has 3 rings (SSSR count). The summed E-state index contributed by atoms with van der Waals surface area (Å²) in [5.41, 5.74) is 6.64. The molecule has 1 saturated carbocycles. The molecule has 1 saturated heterocycles. The fourth-order valence-corrected chi connectivity index (χ4v) is 3.30. The van der Waals surface area contributed by atoms with Crippen molar-refractivity contribution in [2.45, 2.75) is 24.7 Å². The van der Waals surface area contributed by atoms with Gasteiger partial charge in [0.1, 0.15) is 0 Å². The number of benzene rings is 1. The molecule has 19 heavy (non-hydrogen) atoms. The van der Waals surface area contributed by atoms with Crippen LogP contribution in [0.25, 0.3) is 0 Å². The Kier molecular flexibility index (Phi) is 3.39. The third-order valence-electron chi connectivity index (χ3n) is 4.46. The molecule has 3 nitrogen and oxygen atoms in total. The normalized spacial score (nSPS) is 24.5. The van der Waals surface area contributed by atoms with Gasteiger partial charge in [-0.1, -0.05) is 28.1 Å². The van der Waals surface area contributed by atoms with Gasteiger partial charge in [-0.25, -0.2) is 0 Å². The fraction of sp³-hybridized carbons (Fsp3) is 0.533. The summed E-state index contributed by atoms with van der Waals surface area (Å²) in [5.74, 6) is 0.801. The lowest BCUT2D eigenvalue weighted by molar-refractivity contribution is -0.133. The van der Waals surface area contributed by atoms with Gasteiger partial charge in [-0.3, -0.25) is 4.79 Å². The number of nitrogens with two attached hydrogens (primary N) is 1. The van der Waals surface area contributed by atoms with Crippen LogP contribution >= 0.6 is 15.9 Å². The van der Waals surface area contributed by atoms with Crippen LogP contribution in [0.5, 0.6) is 0 Å². The second-order valence-electron chi connectivity index (χ2n) is 5.73. The highest BCUT2D eigenvalue weighted by Gasteiger charge is 2.53. The van der Waals surface area contributed by atoms with E-state index in [1.807, 2.05) is 17.0 Å². The summed E-state index contributed by atoms with van der Waals surface area (Å²) >= 11 is 3.44. The Morgan fingerprint density at radius 2 is 2.05 bits per heavy atom. The highest BCUT2D eigenvalue weighted by Crippen LogP contribution is 2.50. The molecule has 1 unspecified atom stereocenters. The van der Waals surface area contributed by atoms with E-state index in [0.29, 0.717) is 18.4 Å². The SMILES string of the molecule is NCC1CCN(C(=O)C2(c3ccc(Br)cc3)CC2)C1. The fourth-order valence-electron chi connectivity index (χ4n) is 3.03. The molecule has 1 atom stereocenters. The summed E-state index contributed by atoms with van der Waals surface area (Å²) in [6.45, 7) is 2.40. The van der Waals surface area contributed by atoms with Crippen LogP contribution in [-0.4, -0.2) is 30.4 Å². The summed E-state index contributed by atoms with van der Waals surface area (Å²) in [6.07, 6.45) is 3.02.